The van der Waals surface area contributed by atoms with Crippen molar-refractivity contribution in [1.82, 2.24) is 15.3 Å². The second kappa shape index (κ2) is 7.75. The standard InChI is InChI=1S/C18H18Cl2N4O5S/c1-6-11(19)12(20)14(21-6)16(27)23-13-7-4-24(5-8(7)13)18-22-9(3-10(25)26)15(30-18)17(28)29-2/h7-8,13,21H,3-5H2,1-2H3,(H,23,27)(H,25,26)/t7-,8+,13+. The first-order chi connectivity index (χ1) is 14.2. The van der Waals surface area contributed by atoms with Gasteiger partial charge in [0.25, 0.3) is 5.91 Å². The number of H-pyrrole nitrogens is 1. The van der Waals surface area contributed by atoms with Crippen LogP contribution in [0.5, 0.6) is 0 Å². The number of carbonyl (C=O) groups excluding carboxylic acids is 2. The molecule has 2 aliphatic rings. The summed E-state index contributed by atoms with van der Waals surface area (Å²) in [5.74, 6) is -1.48. The molecule has 4 rings (SSSR count). The molecule has 1 aliphatic carbocycles. The molecule has 0 aromatic carbocycles. The van der Waals surface area contributed by atoms with Crippen molar-refractivity contribution < 1.29 is 24.2 Å². The van der Waals surface area contributed by atoms with E-state index in [1.807, 2.05) is 4.90 Å². The Kier molecular flexibility index (Phi) is 5.41. The molecule has 1 amide bonds. The van der Waals surface area contributed by atoms with Crippen LogP contribution in [-0.4, -0.2) is 59.2 Å². The molecule has 0 spiro atoms. The topological polar surface area (TPSA) is 125 Å². The van der Waals surface area contributed by atoms with Gasteiger partial charge < -0.3 is 25.0 Å². The number of hydrogen-bond donors (Lipinski definition) is 3. The highest BCUT2D eigenvalue weighted by Crippen LogP contribution is 2.48. The number of esters is 1. The average Bonchev–Trinajstić information content (AvgIpc) is 3.07. The van der Waals surface area contributed by atoms with Crippen LogP contribution >= 0.6 is 34.5 Å². The molecule has 1 saturated heterocycles. The molecule has 2 aromatic rings. The van der Waals surface area contributed by atoms with Gasteiger partial charge in [0.1, 0.15) is 10.6 Å². The Labute approximate surface area is 185 Å². The average molecular weight is 473 g/mol. The fourth-order valence-corrected chi connectivity index (χ4v) is 5.27. The molecule has 160 valence electrons. The Morgan fingerprint density at radius 1 is 1.30 bits per heavy atom. The van der Waals surface area contributed by atoms with Gasteiger partial charge >= 0.3 is 11.9 Å². The van der Waals surface area contributed by atoms with Gasteiger partial charge in [0.05, 0.1) is 29.3 Å². The number of rotatable bonds is 6. The number of amides is 1. The van der Waals surface area contributed by atoms with Gasteiger partial charge in [0.15, 0.2) is 5.13 Å². The van der Waals surface area contributed by atoms with E-state index in [1.54, 1.807) is 6.92 Å². The normalized spacial score (nSPS) is 22.0. The molecule has 3 heterocycles. The third kappa shape index (κ3) is 3.63. The molecule has 0 bridgehead atoms. The minimum absolute atomic E-state index is 0.0192. The number of halogens is 2. The Bertz CT molecular complexity index is 1040. The van der Waals surface area contributed by atoms with Gasteiger partial charge in [-0.05, 0) is 6.92 Å². The van der Waals surface area contributed by atoms with E-state index >= 15 is 0 Å². The van der Waals surface area contributed by atoms with E-state index in [0.29, 0.717) is 28.9 Å². The summed E-state index contributed by atoms with van der Waals surface area (Å²) in [5.41, 5.74) is 1.09. The predicted molar refractivity (Wildman–Crippen MR) is 111 cm³/mol. The quantitative estimate of drug-likeness (QED) is 0.551. The maximum Gasteiger partial charge on any atom is 0.350 e. The number of thiazole rings is 1. The number of carboxylic acids is 1. The number of aliphatic carboxylic acids is 1. The van der Waals surface area contributed by atoms with Crippen LogP contribution in [-0.2, 0) is 16.0 Å². The number of carboxylic acid groups (broad SMARTS) is 1. The minimum atomic E-state index is -1.07. The lowest BCUT2D eigenvalue weighted by atomic mass is 10.3. The number of methoxy groups -OCH3 is 1. The SMILES string of the molecule is COC(=O)c1sc(N2C[C@@H]3[C@H](C2)[C@H]3NC(=O)c2[nH]c(C)c(Cl)c2Cl)nc1CC(=O)O. The first-order valence-corrected chi connectivity index (χ1v) is 10.7. The fraction of sp³-hybridized carbons (Fsp3) is 0.444. The Balaban J connectivity index is 1.41. The van der Waals surface area contributed by atoms with E-state index in [-0.39, 0.29) is 51.5 Å². The van der Waals surface area contributed by atoms with Gasteiger partial charge in [-0.25, -0.2) is 9.78 Å². The summed E-state index contributed by atoms with van der Waals surface area (Å²) in [6, 6.07) is 0.0192. The Morgan fingerprint density at radius 3 is 2.50 bits per heavy atom. The minimum Gasteiger partial charge on any atom is -0.481 e. The van der Waals surface area contributed by atoms with Gasteiger partial charge in [0, 0.05) is 36.7 Å². The highest BCUT2D eigenvalue weighted by Gasteiger charge is 2.57. The van der Waals surface area contributed by atoms with Crippen LogP contribution < -0.4 is 10.2 Å². The number of carbonyl (C=O) groups is 3. The van der Waals surface area contributed by atoms with Gasteiger partial charge in [-0.1, -0.05) is 34.5 Å². The summed E-state index contributed by atoms with van der Waals surface area (Å²) >= 11 is 13.3. The number of fused-ring (bicyclic) bond motifs is 1. The lowest BCUT2D eigenvalue weighted by molar-refractivity contribution is -0.136. The van der Waals surface area contributed by atoms with E-state index in [1.165, 1.54) is 7.11 Å². The van der Waals surface area contributed by atoms with Crippen molar-refractivity contribution in [2.45, 2.75) is 19.4 Å². The number of nitrogens with one attached hydrogen (secondary N) is 2. The van der Waals surface area contributed by atoms with Crippen molar-refractivity contribution in [2.24, 2.45) is 11.8 Å². The van der Waals surface area contributed by atoms with Crippen LogP contribution in [0.2, 0.25) is 10.0 Å². The monoisotopic (exact) mass is 472 g/mol. The molecule has 2 aromatic heterocycles. The zero-order valence-corrected chi connectivity index (χ0v) is 18.3. The van der Waals surface area contributed by atoms with E-state index in [2.05, 4.69) is 15.3 Å². The highest BCUT2D eigenvalue weighted by atomic mass is 35.5. The second-order valence-electron chi connectivity index (χ2n) is 7.32. The van der Waals surface area contributed by atoms with E-state index in [4.69, 9.17) is 33.0 Å². The summed E-state index contributed by atoms with van der Waals surface area (Å²) in [6.45, 7) is 3.03. The van der Waals surface area contributed by atoms with Crippen molar-refractivity contribution >= 4 is 57.5 Å². The van der Waals surface area contributed by atoms with Crippen LogP contribution in [0.15, 0.2) is 0 Å². The van der Waals surface area contributed by atoms with Crippen molar-refractivity contribution in [3.8, 4) is 0 Å². The maximum absolute atomic E-state index is 12.5. The number of aryl methyl sites for hydroxylation is 1. The van der Waals surface area contributed by atoms with E-state index in [0.717, 1.165) is 11.3 Å². The summed E-state index contributed by atoms with van der Waals surface area (Å²) in [7, 11) is 1.25. The first kappa shape index (κ1) is 21.0. The van der Waals surface area contributed by atoms with Crippen molar-refractivity contribution in [2.75, 3.05) is 25.1 Å². The number of ether oxygens (including phenoxy) is 1. The van der Waals surface area contributed by atoms with Crippen LogP contribution in [0, 0.1) is 18.8 Å². The summed E-state index contributed by atoms with van der Waals surface area (Å²) in [5, 5.41) is 13.2. The third-order valence-corrected chi connectivity index (χ3v) is 7.50. The molecule has 0 radical (unpaired) electrons. The van der Waals surface area contributed by atoms with Crippen molar-refractivity contribution in [1.29, 1.82) is 0 Å². The zero-order valence-electron chi connectivity index (χ0n) is 16.0. The molecular weight excluding hydrogens is 455 g/mol. The van der Waals surface area contributed by atoms with Gasteiger partial charge in [0.2, 0.25) is 0 Å². The smallest absolute Gasteiger partial charge is 0.350 e. The largest absolute Gasteiger partial charge is 0.481 e. The molecule has 3 atom stereocenters. The van der Waals surface area contributed by atoms with Crippen LogP contribution in [0.25, 0.3) is 0 Å². The van der Waals surface area contributed by atoms with Gasteiger partial charge in [-0.3, -0.25) is 9.59 Å². The van der Waals surface area contributed by atoms with E-state index in [9.17, 15) is 14.4 Å². The number of piperidine rings is 1. The summed E-state index contributed by atoms with van der Waals surface area (Å²) in [6.07, 6.45) is -0.348. The van der Waals surface area contributed by atoms with Gasteiger partial charge in [-0.15, -0.1) is 0 Å². The molecule has 1 aliphatic heterocycles. The van der Waals surface area contributed by atoms with Crippen LogP contribution in [0.4, 0.5) is 5.13 Å². The number of hydrogen-bond acceptors (Lipinski definition) is 7. The first-order valence-electron chi connectivity index (χ1n) is 9.10. The molecule has 1 saturated carbocycles. The summed E-state index contributed by atoms with van der Waals surface area (Å²) < 4.78 is 4.74. The zero-order chi connectivity index (χ0) is 21.7. The number of anilines is 1. The summed E-state index contributed by atoms with van der Waals surface area (Å²) in [4.78, 5) is 45.0. The molecule has 0 unspecified atom stereocenters. The molecule has 12 heteroatoms. The molecule has 30 heavy (non-hydrogen) atoms. The number of nitrogens with zero attached hydrogens (tertiary/aromatic N) is 2. The lowest BCUT2D eigenvalue weighted by Crippen LogP contribution is -2.34. The molecule has 9 nitrogen and oxygen atoms in total. The highest BCUT2D eigenvalue weighted by molar-refractivity contribution is 7.17. The molecule has 3 N–H and O–H groups in total. The number of aromatic amines is 1. The molecular formula is C18H18Cl2N4O5S. The number of aromatic nitrogens is 2. The molecule has 2 fully saturated rings. The lowest BCUT2D eigenvalue weighted by Gasteiger charge is -2.19. The van der Waals surface area contributed by atoms with Crippen LogP contribution in [0.1, 0.15) is 31.5 Å². The second-order valence-corrected chi connectivity index (χ2v) is 9.05. The Morgan fingerprint density at radius 2 is 1.97 bits per heavy atom. The predicted octanol–water partition coefficient (Wildman–Crippen LogP) is 2.36. The third-order valence-electron chi connectivity index (χ3n) is 5.42. The Hall–Kier alpha value is -2.30. The van der Waals surface area contributed by atoms with E-state index < -0.39 is 11.9 Å². The van der Waals surface area contributed by atoms with Crippen LogP contribution in [0.3, 0.4) is 0 Å². The van der Waals surface area contributed by atoms with Crippen molar-refractivity contribution in [3.05, 3.63) is 32.0 Å². The van der Waals surface area contributed by atoms with Gasteiger partial charge in [-0.2, -0.15) is 0 Å². The fourth-order valence-electron chi connectivity index (χ4n) is 3.84. The maximum atomic E-state index is 12.5. The van der Waals surface area contributed by atoms with Crippen molar-refractivity contribution in [3.63, 3.8) is 0 Å².